The van der Waals surface area contributed by atoms with Crippen LogP contribution in [0.4, 0.5) is 0 Å². The van der Waals surface area contributed by atoms with E-state index in [0.717, 1.165) is 24.1 Å². The van der Waals surface area contributed by atoms with E-state index >= 15 is 0 Å². The summed E-state index contributed by atoms with van der Waals surface area (Å²) in [5, 5.41) is 0.640. The summed E-state index contributed by atoms with van der Waals surface area (Å²) in [6.07, 6.45) is 3.46. The van der Waals surface area contributed by atoms with E-state index in [-0.39, 0.29) is 6.04 Å². The molecule has 1 heterocycles. The molecule has 0 amide bonds. The lowest BCUT2D eigenvalue weighted by atomic mass is 10.1. The van der Waals surface area contributed by atoms with E-state index in [0.29, 0.717) is 5.02 Å². The quantitative estimate of drug-likeness (QED) is 0.776. The highest BCUT2D eigenvalue weighted by molar-refractivity contribution is 6.31. The number of hydrogen-bond acceptors (Lipinski definition) is 2. The Bertz CT molecular complexity index is 323. The second-order valence-corrected chi connectivity index (χ2v) is 3.88. The molecule has 2 nitrogen and oxygen atoms in total. The van der Waals surface area contributed by atoms with E-state index in [1.165, 1.54) is 0 Å². The molecule has 0 aliphatic carbocycles. The Labute approximate surface area is 89.8 Å². The summed E-state index contributed by atoms with van der Waals surface area (Å²) >= 11 is 5.97. The number of rotatable bonds is 4. The van der Waals surface area contributed by atoms with Gasteiger partial charge in [0.2, 0.25) is 0 Å². The predicted octanol–water partition coefficient (Wildman–Crippen LogP) is 3.09. The zero-order chi connectivity index (χ0) is 10.6. The molecule has 2 N–H and O–H groups in total. The number of hydrogen-bond donors (Lipinski definition) is 1. The molecule has 0 saturated carbocycles. The molecule has 0 bridgehead atoms. The monoisotopic (exact) mass is 210 g/mol. The van der Waals surface area contributed by atoms with E-state index in [4.69, 9.17) is 17.3 Å². The number of nitrogens with two attached hydrogens (primary N) is 1. The van der Waals surface area contributed by atoms with E-state index in [1.807, 2.05) is 13.0 Å². The average Bonchev–Trinajstić information content (AvgIpc) is 2.15. The minimum atomic E-state index is -0.0969. The number of halogens is 1. The van der Waals surface area contributed by atoms with Gasteiger partial charge < -0.3 is 5.73 Å². The van der Waals surface area contributed by atoms with Crippen LogP contribution in [0.3, 0.4) is 0 Å². The Kier molecular flexibility index (Phi) is 4.11. The summed E-state index contributed by atoms with van der Waals surface area (Å²) in [4.78, 5) is 4.17. The van der Waals surface area contributed by atoms with Crippen molar-refractivity contribution in [2.45, 2.75) is 25.8 Å². The highest BCUT2D eigenvalue weighted by Crippen LogP contribution is 2.22. The van der Waals surface area contributed by atoms with Crippen LogP contribution in [0.2, 0.25) is 5.02 Å². The maximum absolute atomic E-state index is 5.97. The standard InChI is InChI=1S/C11H15ClN2/c1-8(2)5-6-10(13)11-9(12)4-3-7-14-11/h3-4,7,10H,1,5-6,13H2,2H3. The van der Waals surface area contributed by atoms with Gasteiger partial charge in [-0.3, -0.25) is 4.98 Å². The van der Waals surface area contributed by atoms with Crippen molar-refractivity contribution in [2.24, 2.45) is 5.73 Å². The molecule has 1 aromatic heterocycles. The molecule has 1 aromatic rings. The molecule has 0 aliphatic rings. The van der Waals surface area contributed by atoms with Crippen molar-refractivity contribution in [1.29, 1.82) is 0 Å². The van der Waals surface area contributed by atoms with Crippen molar-refractivity contribution < 1.29 is 0 Å². The van der Waals surface area contributed by atoms with Crippen LogP contribution in [0, 0.1) is 0 Å². The molecule has 0 radical (unpaired) electrons. The third-order valence-corrected chi connectivity index (χ3v) is 2.34. The van der Waals surface area contributed by atoms with Crippen LogP contribution in [0.1, 0.15) is 31.5 Å². The lowest BCUT2D eigenvalue weighted by Gasteiger charge is -2.11. The van der Waals surface area contributed by atoms with Crippen molar-refractivity contribution in [2.75, 3.05) is 0 Å². The highest BCUT2D eigenvalue weighted by atomic mass is 35.5. The molecule has 76 valence electrons. The normalized spacial score (nSPS) is 12.5. The summed E-state index contributed by atoms with van der Waals surface area (Å²) in [5.41, 5.74) is 7.86. The fraction of sp³-hybridized carbons (Fsp3) is 0.364. The lowest BCUT2D eigenvalue weighted by Crippen LogP contribution is -2.12. The number of pyridine rings is 1. The molecule has 0 aliphatic heterocycles. The van der Waals surface area contributed by atoms with Gasteiger partial charge in [0.05, 0.1) is 10.7 Å². The third-order valence-electron chi connectivity index (χ3n) is 2.02. The summed E-state index contributed by atoms with van der Waals surface area (Å²) in [5.74, 6) is 0. The molecule has 1 rings (SSSR count). The Hall–Kier alpha value is -0.860. The van der Waals surface area contributed by atoms with Gasteiger partial charge in [-0.1, -0.05) is 17.2 Å². The summed E-state index contributed by atoms with van der Waals surface area (Å²) < 4.78 is 0. The fourth-order valence-electron chi connectivity index (χ4n) is 1.21. The molecule has 1 unspecified atom stereocenters. The van der Waals surface area contributed by atoms with Crippen molar-refractivity contribution >= 4 is 11.6 Å². The van der Waals surface area contributed by atoms with Crippen molar-refractivity contribution in [3.8, 4) is 0 Å². The predicted molar refractivity (Wildman–Crippen MR) is 60.2 cm³/mol. The van der Waals surface area contributed by atoms with Crippen LogP contribution >= 0.6 is 11.6 Å². The summed E-state index contributed by atoms with van der Waals surface area (Å²) in [6.45, 7) is 5.83. The van der Waals surface area contributed by atoms with Crippen LogP contribution in [0.15, 0.2) is 30.5 Å². The molecular formula is C11H15ClN2. The smallest absolute Gasteiger partial charge is 0.0756 e. The first-order valence-corrected chi connectivity index (χ1v) is 4.99. The van der Waals surface area contributed by atoms with Crippen LogP contribution < -0.4 is 5.73 Å². The lowest BCUT2D eigenvalue weighted by molar-refractivity contribution is 0.632. The summed E-state index contributed by atoms with van der Waals surface area (Å²) in [7, 11) is 0. The molecule has 3 heteroatoms. The fourth-order valence-corrected chi connectivity index (χ4v) is 1.47. The third kappa shape index (κ3) is 3.13. The van der Waals surface area contributed by atoms with Crippen LogP contribution in [-0.2, 0) is 0 Å². The van der Waals surface area contributed by atoms with Crippen molar-refractivity contribution in [3.63, 3.8) is 0 Å². The molecule has 1 atom stereocenters. The second kappa shape index (κ2) is 5.13. The molecule has 0 aromatic carbocycles. The van der Waals surface area contributed by atoms with E-state index in [1.54, 1.807) is 12.3 Å². The first-order chi connectivity index (χ1) is 6.61. The van der Waals surface area contributed by atoms with Gasteiger partial charge in [-0.2, -0.15) is 0 Å². The van der Waals surface area contributed by atoms with Crippen LogP contribution in [-0.4, -0.2) is 4.98 Å². The largest absolute Gasteiger partial charge is 0.323 e. The topological polar surface area (TPSA) is 38.9 Å². The number of nitrogens with zero attached hydrogens (tertiary/aromatic N) is 1. The molecule has 0 saturated heterocycles. The minimum absolute atomic E-state index is 0.0969. The Morgan fingerprint density at radius 1 is 1.71 bits per heavy atom. The molecule has 0 spiro atoms. The Morgan fingerprint density at radius 3 is 3.00 bits per heavy atom. The SMILES string of the molecule is C=C(C)CCC(N)c1ncccc1Cl. The highest BCUT2D eigenvalue weighted by Gasteiger charge is 2.10. The van der Waals surface area contributed by atoms with Crippen LogP contribution in [0.25, 0.3) is 0 Å². The zero-order valence-electron chi connectivity index (χ0n) is 8.33. The van der Waals surface area contributed by atoms with Gasteiger partial charge in [0, 0.05) is 12.2 Å². The van der Waals surface area contributed by atoms with Crippen molar-refractivity contribution in [1.82, 2.24) is 4.98 Å². The van der Waals surface area contributed by atoms with E-state index in [9.17, 15) is 0 Å². The van der Waals surface area contributed by atoms with Gasteiger partial charge in [0.25, 0.3) is 0 Å². The van der Waals surface area contributed by atoms with Gasteiger partial charge in [0.15, 0.2) is 0 Å². The molecule has 0 fully saturated rings. The van der Waals surface area contributed by atoms with Gasteiger partial charge >= 0.3 is 0 Å². The van der Waals surface area contributed by atoms with E-state index in [2.05, 4.69) is 11.6 Å². The Morgan fingerprint density at radius 2 is 2.43 bits per heavy atom. The first-order valence-electron chi connectivity index (χ1n) is 4.61. The van der Waals surface area contributed by atoms with Crippen LogP contribution in [0.5, 0.6) is 0 Å². The molecule has 14 heavy (non-hydrogen) atoms. The first kappa shape index (κ1) is 11.2. The Balaban J connectivity index is 2.65. The van der Waals surface area contributed by atoms with Crippen molar-refractivity contribution in [3.05, 3.63) is 41.2 Å². The zero-order valence-corrected chi connectivity index (χ0v) is 9.09. The number of allylic oxidation sites excluding steroid dienone is 1. The summed E-state index contributed by atoms with van der Waals surface area (Å²) in [6, 6.07) is 3.52. The van der Waals surface area contributed by atoms with Gasteiger partial charge in [-0.25, -0.2) is 0 Å². The number of aromatic nitrogens is 1. The maximum Gasteiger partial charge on any atom is 0.0756 e. The van der Waals surface area contributed by atoms with E-state index < -0.39 is 0 Å². The maximum atomic E-state index is 5.97. The molecular weight excluding hydrogens is 196 g/mol. The van der Waals surface area contributed by atoms with Gasteiger partial charge in [-0.05, 0) is 31.9 Å². The van der Waals surface area contributed by atoms with Gasteiger partial charge in [-0.15, -0.1) is 6.58 Å². The second-order valence-electron chi connectivity index (χ2n) is 3.47. The average molecular weight is 211 g/mol. The minimum Gasteiger partial charge on any atom is -0.323 e. The van der Waals surface area contributed by atoms with Gasteiger partial charge in [0.1, 0.15) is 0 Å².